The molecule has 1 heterocycles. The fraction of sp³-hybridized carbons (Fsp3) is 1.00. The molecule has 0 aromatic carbocycles. The topological polar surface area (TPSA) is 18.5 Å². The molecule has 0 amide bonds. The second-order valence-electron chi connectivity index (χ2n) is 7.15. The number of rotatable bonds is 7. The molecule has 1 saturated heterocycles. The van der Waals surface area contributed by atoms with Gasteiger partial charge < -0.3 is 15.1 Å². The third-order valence-corrected chi connectivity index (χ3v) is 4.26. The summed E-state index contributed by atoms with van der Waals surface area (Å²) in [5.41, 5.74) is 0. The summed E-state index contributed by atoms with van der Waals surface area (Å²) in [4.78, 5) is 4.97. The second-order valence-corrected chi connectivity index (χ2v) is 7.15. The molecular formula is C16H35N3. The Morgan fingerprint density at radius 1 is 1.11 bits per heavy atom. The summed E-state index contributed by atoms with van der Waals surface area (Å²) < 4.78 is 0. The molecule has 1 atom stereocenters. The van der Waals surface area contributed by atoms with Crippen LogP contribution >= 0.6 is 0 Å². The number of likely N-dealkylation sites (tertiary alicyclic amines) is 1. The van der Waals surface area contributed by atoms with Crippen molar-refractivity contribution in [2.45, 2.75) is 52.6 Å². The number of piperidine rings is 1. The van der Waals surface area contributed by atoms with E-state index in [1.165, 1.54) is 32.5 Å². The van der Waals surface area contributed by atoms with Crippen LogP contribution in [-0.4, -0.2) is 62.2 Å². The molecule has 0 aliphatic carbocycles. The molecule has 114 valence electrons. The molecule has 0 spiro atoms. The standard InChI is InChI=1S/C16H35N3/c1-13(2)12-19-9-7-15(8-10-19)17-11-16(14(3)4)18(5)6/h13-17H,7-12H2,1-6H3. The van der Waals surface area contributed by atoms with Crippen LogP contribution in [0.3, 0.4) is 0 Å². The van der Waals surface area contributed by atoms with Gasteiger partial charge in [-0.3, -0.25) is 0 Å². The van der Waals surface area contributed by atoms with Gasteiger partial charge in [-0.05, 0) is 51.9 Å². The van der Waals surface area contributed by atoms with E-state index in [0.717, 1.165) is 18.5 Å². The summed E-state index contributed by atoms with van der Waals surface area (Å²) in [6.07, 6.45) is 2.62. The van der Waals surface area contributed by atoms with Crippen LogP contribution in [0.5, 0.6) is 0 Å². The van der Waals surface area contributed by atoms with Gasteiger partial charge in [-0.2, -0.15) is 0 Å². The summed E-state index contributed by atoms with van der Waals surface area (Å²) in [5, 5.41) is 3.79. The molecule has 1 aliphatic heterocycles. The van der Waals surface area contributed by atoms with Crippen LogP contribution in [0.1, 0.15) is 40.5 Å². The minimum absolute atomic E-state index is 0.647. The van der Waals surface area contributed by atoms with E-state index in [1.807, 2.05) is 0 Å². The minimum atomic E-state index is 0.647. The first-order valence-corrected chi connectivity index (χ1v) is 8.02. The van der Waals surface area contributed by atoms with Crippen LogP contribution in [0.15, 0.2) is 0 Å². The predicted molar refractivity (Wildman–Crippen MR) is 84.6 cm³/mol. The van der Waals surface area contributed by atoms with Crippen LogP contribution in [0, 0.1) is 11.8 Å². The summed E-state index contributed by atoms with van der Waals surface area (Å²) in [6.45, 7) is 14.2. The first kappa shape index (κ1) is 16.9. The lowest BCUT2D eigenvalue weighted by Gasteiger charge is -2.35. The molecule has 1 fully saturated rings. The monoisotopic (exact) mass is 269 g/mol. The van der Waals surface area contributed by atoms with Gasteiger partial charge in [-0.1, -0.05) is 27.7 Å². The summed E-state index contributed by atoms with van der Waals surface area (Å²) in [6, 6.07) is 1.37. The van der Waals surface area contributed by atoms with E-state index in [-0.39, 0.29) is 0 Å². The van der Waals surface area contributed by atoms with E-state index in [9.17, 15) is 0 Å². The molecule has 0 aromatic rings. The largest absolute Gasteiger partial charge is 0.312 e. The van der Waals surface area contributed by atoms with Gasteiger partial charge in [0.15, 0.2) is 0 Å². The molecular weight excluding hydrogens is 234 g/mol. The lowest BCUT2D eigenvalue weighted by Crippen LogP contribution is -2.48. The van der Waals surface area contributed by atoms with E-state index in [4.69, 9.17) is 0 Å². The zero-order valence-electron chi connectivity index (χ0n) is 13.9. The fourth-order valence-corrected chi connectivity index (χ4v) is 3.14. The Kier molecular flexibility index (Phi) is 7.33. The average Bonchev–Trinajstić information content (AvgIpc) is 2.29. The minimum Gasteiger partial charge on any atom is -0.312 e. The van der Waals surface area contributed by atoms with Crippen LogP contribution in [0.2, 0.25) is 0 Å². The van der Waals surface area contributed by atoms with Crippen LogP contribution in [0.25, 0.3) is 0 Å². The van der Waals surface area contributed by atoms with Crippen molar-refractivity contribution in [2.24, 2.45) is 11.8 Å². The van der Waals surface area contributed by atoms with Crippen molar-refractivity contribution in [3.05, 3.63) is 0 Å². The van der Waals surface area contributed by atoms with Gasteiger partial charge in [0.05, 0.1) is 0 Å². The van der Waals surface area contributed by atoms with Gasteiger partial charge >= 0.3 is 0 Å². The lowest BCUT2D eigenvalue weighted by atomic mass is 10.0. The Balaban J connectivity index is 2.25. The Bertz CT molecular complexity index is 222. The third kappa shape index (κ3) is 6.24. The Morgan fingerprint density at radius 3 is 2.11 bits per heavy atom. The van der Waals surface area contributed by atoms with Crippen molar-refractivity contribution in [3.63, 3.8) is 0 Å². The Morgan fingerprint density at radius 2 is 1.68 bits per heavy atom. The van der Waals surface area contributed by atoms with Gasteiger partial charge in [-0.15, -0.1) is 0 Å². The molecule has 19 heavy (non-hydrogen) atoms. The highest BCUT2D eigenvalue weighted by molar-refractivity contribution is 4.81. The molecule has 0 saturated carbocycles. The molecule has 3 nitrogen and oxygen atoms in total. The number of hydrogen-bond acceptors (Lipinski definition) is 3. The van der Waals surface area contributed by atoms with Crippen molar-refractivity contribution in [3.8, 4) is 0 Å². The maximum Gasteiger partial charge on any atom is 0.0237 e. The predicted octanol–water partition coefficient (Wildman–Crippen LogP) is 2.28. The highest BCUT2D eigenvalue weighted by atomic mass is 15.2. The molecule has 1 aliphatic rings. The SMILES string of the molecule is CC(C)CN1CCC(NCC(C(C)C)N(C)C)CC1. The maximum absolute atomic E-state index is 3.79. The molecule has 0 bridgehead atoms. The molecule has 1 unspecified atom stereocenters. The van der Waals surface area contributed by atoms with Crippen molar-refractivity contribution < 1.29 is 0 Å². The summed E-state index contributed by atoms with van der Waals surface area (Å²) in [7, 11) is 4.38. The Labute approximate surface area is 120 Å². The second kappa shape index (κ2) is 8.23. The van der Waals surface area contributed by atoms with E-state index in [1.54, 1.807) is 0 Å². The van der Waals surface area contributed by atoms with Gasteiger partial charge in [0.25, 0.3) is 0 Å². The number of hydrogen-bond donors (Lipinski definition) is 1. The quantitative estimate of drug-likeness (QED) is 0.765. The van der Waals surface area contributed by atoms with E-state index in [0.29, 0.717) is 12.0 Å². The smallest absolute Gasteiger partial charge is 0.0237 e. The van der Waals surface area contributed by atoms with Gasteiger partial charge in [-0.25, -0.2) is 0 Å². The highest BCUT2D eigenvalue weighted by Crippen LogP contribution is 2.13. The van der Waals surface area contributed by atoms with Crippen molar-refractivity contribution in [1.29, 1.82) is 0 Å². The van der Waals surface area contributed by atoms with E-state index >= 15 is 0 Å². The molecule has 1 N–H and O–H groups in total. The fourth-order valence-electron chi connectivity index (χ4n) is 3.14. The summed E-state index contributed by atoms with van der Waals surface area (Å²) >= 11 is 0. The number of nitrogens with zero attached hydrogens (tertiary/aromatic N) is 2. The van der Waals surface area contributed by atoms with Gasteiger partial charge in [0.2, 0.25) is 0 Å². The lowest BCUT2D eigenvalue weighted by molar-refractivity contribution is 0.165. The Hall–Kier alpha value is -0.120. The average molecular weight is 269 g/mol. The molecule has 0 aromatic heterocycles. The normalized spacial score (nSPS) is 20.7. The highest BCUT2D eigenvalue weighted by Gasteiger charge is 2.21. The summed E-state index contributed by atoms with van der Waals surface area (Å²) in [5.74, 6) is 1.51. The number of likely N-dealkylation sites (N-methyl/N-ethyl adjacent to an activating group) is 1. The van der Waals surface area contributed by atoms with Crippen molar-refractivity contribution in [1.82, 2.24) is 15.1 Å². The van der Waals surface area contributed by atoms with Crippen LogP contribution < -0.4 is 5.32 Å². The zero-order valence-corrected chi connectivity index (χ0v) is 13.9. The van der Waals surface area contributed by atoms with E-state index < -0.39 is 0 Å². The molecule has 1 rings (SSSR count). The molecule has 0 radical (unpaired) electrons. The van der Waals surface area contributed by atoms with E-state index in [2.05, 4.69) is 56.9 Å². The van der Waals surface area contributed by atoms with Crippen LogP contribution in [-0.2, 0) is 0 Å². The molecule has 3 heteroatoms. The van der Waals surface area contributed by atoms with Crippen molar-refractivity contribution >= 4 is 0 Å². The number of nitrogens with one attached hydrogen (secondary N) is 1. The first-order valence-electron chi connectivity index (χ1n) is 8.02. The third-order valence-electron chi connectivity index (χ3n) is 4.26. The maximum atomic E-state index is 3.79. The zero-order chi connectivity index (χ0) is 14.4. The van der Waals surface area contributed by atoms with Gasteiger partial charge in [0.1, 0.15) is 0 Å². The van der Waals surface area contributed by atoms with Crippen LogP contribution in [0.4, 0.5) is 0 Å². The van der Waals surface area contributed by atoms with Crippen molar-refractivity contribution in [2.75, 3.05) is 40.3 Å². The first-order chi connectivity index (χ1) is 8.90. The van der Waals surface area contributed by atoms with Gasteiger partial charge in [0, 0.05) is 25.2 Å².